The first-order valence-electron chi connectivity index (χ1n) is 10.7. The third kappa shape index (κ3) is 4.06. The lowest BCUT2D eigenvalue weighted by molar-refractivity contribution is -0.124. The topological polar surface area (TPSA) is 81.8 Å². The molecule has 0 spiro atoms. The van der Waals surface area contributed by atoms with Crippen molar-refractivity contribution in [2.24, 2.45) is 0 Å². The van der Waals surface area contributed by atoms with E-state index in [-0.39, 0.29) is 11.5 Å². The molecule has 0 saturated heterocycles. The molecular formula is C25H27N5O2. The van der Waals surface area contributed by atoms with Crippen molar-refractivity contribution >= 4 is 16.8 Å². The molecule has 4 aromatic rings. The fraction of sp³-hybridized carbons (Fsp3) is 0.280. The highest BCUT2D eigenvalue weighted by atomic mass is 16.2. The summed E-state index contributed by atoms with van der Waals surface area (Å²) in [7, 11) is 0. The maximum atomic E-state index is 13.2. The van der Waals surface area contributed by atoms with Crippen LogP contribution in [0.4, 0.5) is 0 Å². The van der Waals surface area contributed by atoms with Gasteiger partial charge in [0.25, 0.3) is 5.56 Å². The Morgan fingerprint density at radius 2 is 1.69 bits per heavy atom. The Morgan fingerprint density at radius 1 is 1.00 bits per heavy atom. The van der Waals surface area contributed by atoms with Crippen molar-refractivity contribution in [1.29, 1.82) is 0 Å². The number of carbonyl (C=O) groups is 1. The summed E-state index contributed by atoms with van der Waals surface area (Å²) < 4.78 is 2.98. The van der Waals surface area contributed by atoms with Crippen molar-refractivity contribution in [2.45, 2.75) is 40.2 Å². The molecule has 1 N–H and O–H groups in total. The quantitative estimate of drug-likeness (QED) is 0.509. The minimum atomic E-state index is -0.745. The van der Waals surface area contributed by atoms with E-state index in [9.17, 15) is 9.59 Å². The van der Waals surface area contributed by atoms with Gasteiger partial charge in [-0.3, -0.25) is 9.59 Å². The van der Waals surface area contributed by atoms with Crippen LogP contribution in [-0.4, -0.2) is 32.0 Å². The van der Waals surface area contributed by atoms with Crippen LogP contribution in [0.2, 0.25) is 0 Å². The van der Waals surface area contributed by atoms with Crippen LogP contribution < -0.4 is 10.9 Å². The predicted octanol–water partition coefficient (Wildman–Crippen LogP) is 3.43. The summed E-state index contributed by atoms with van der Waals surface area (Å²) in [6.07, 6.45) is 0.722. The number of nitrogens with zero attached hydrogens (tertiary/aromatic N) is 4. The zero-order chi connectivity index (χ0) is 22.8. The third-order valence-corrected chi connectivity index (χ3v) is 5.73. The van der Waals surface area contributed by atoms with Crippen LogP contribution in [0.15, 0.2) is 59.4 Å². The Bertz CT molecular complexity index is 1320. The summed E-state index contributed by atoms with van der Waals surface area (Å²) in [5.41, 5.74) is 4.68. The summed E-state index contributed by atoms with van der Waals surface area (Å²) in [5.74, 6) is -0.246. The summed E-state index contributed by atoms with van der Waals surface area (Å²) in [5, 5.41) is 12.7. The molecule has 7 nitrogen and oxygen atoms in total. The van der Waals surface area contributed by atoms with Crippen LogP contribution in [0.1, 0.15) is 35.5 Å². The average molecular weight is 430 g/mol. The van der Waals surface area contributed by atoms with Gasteiger partial charge in [-0.2, -0.15) is 10.2 Å². The number of aromatic nitrogens is 4. The number of rotatable bonds is 6. The second-order valence-electron chi connectivity index (χ2n) is 8.09. The number of amides is 1. The van der Waals surface area contributed by atoms with E-state index in [1.165, 1.54) is 10.2 Å². The van der Waals surface area contributed by atoms with Gasteiger partial charge in [0, 0.05) is 6.54 Å². The standard InChI is InChI=1S/C25H27N5O2/c1-16-10-12-20(13-11-16)14-15-26-24(31)19(4)30-25(32)23-22(17(2)27-30)18(3)29(28-23)21-8-6-5-7-9-21/h5-13,19H,14-15H2,1-4H3,(H,26,31)/t19-/m1/s1. The van der Waals surface area contributed by atoms with E-state index < -0.39 is 6.04 Å². The number of fused-ring (bicyclic) bond motifs is 1. The Balaban J connectivity index is 1.58. The Hall–Kier alpha value is -3.74. The summed E-state index contributed by atoms with van der Waals surface area (Å²) in [4.78, 5) is 25.9. The van der Waals surface area contributed by atoms with E-state index >= 15 is 0 Å². The SMILES string of the molecule is Cc1ccc(CCNC(=O)[C@@H](C)n2nc(C)c3c(C)n(-c4ccccc4)nc3c2=O)cc1. The molecule has 2 heterocycles. The molecule has 0 aliphatic heterocycles. The van der Waals surface area contributed by atoms with Crippen molar-refractivity contribution in [1.82, 2.24) is 24.9 Å². The number of nitrogens with one attached hydrogen (secondary N) is 1. The highest BCUT2D eigenvalue weighted by Gasteiger charge is 2.23. The van der Waals surface area contributed by atoms with Crippen molar-refractivity contribution < 1.29 is 4.79 Å². The second kappa shape index (κ2) is 8.78. The molecule has 0 radical (unpaired) electrons. The van der Waals surface area contributed by atoms with Crippen molar-refractivity contribution in [3.63, 3.8) is 0 Å². The first-order chi connectivity index (χ1) is 15.4. The third-order valence-electron chi connectivity index (χ3n) is 5.73. The minimum Gasteiger partial charge on any atom is -0.354 e. The molecule has 0 aliphatic carbocycles. The second-order valence-corrected chi connectivity index (χ2v) is 8.09. The molecule has 32 heavy (non-hydrogen) atoms. The summed E-state index contributed by atoms with van der Waals surface area (Å²) in [6.45, 7) is 7.97. The van der Waals surface area contributed by atoms with Crippen LogP contribution in [0.25, 0.3) is 16.6 Å². The molecule has 7 heteroatoms. The summed E-state index contributed by atoms with van der Waals surface area (Å²) in [6, 6.07) is 17.1. The number of para-hydroxylation sites is 1. The van der Waals surface area contributed by atoms with Crippen molar-refractivity contribution in [3.05, 3.63) is 87.5 Å². The lowest BCUT2D eigenvalue weighted by atomic mass is 10.1. The Labute approximate surface area is 186 Å². The van der Waals surface area contributed by atoms with Gasteiger partial charge in [-0.15, -0.1) is 0 Å². The molecule has 4 rings (SSSR count). The van der Waals surface area contributed by atoms with Gasteiger partial charge >= 0.3 is 0 Å². The number of aryl methyl sites for hydroxylation is 3. The van der Waals surface area contributed by atoms with E-state index in [1.807, 2.05) is 51.1 Å². The Morgan fingerprint density at radius 3 is 2.38 bits per heavy atom. The van der Waals surface area contributed by atoms with E-state index in [4.69, 9.17) is 0 Å². The molecule has 2 aromatic carbocycles. The predicted molar refractivity (Wildman–Crippen MR) is 125 cm³/mol. The van der Waals surface area contributed by atoms with E-state index in [1.54, 1.807) is 11.6 Å². The maximum Gasteiger partial charge on any atom is 0.295 e. The monoisotopic (exact) mass is 429 g/mol. The number of hydrogen-bond acceptors (Lipinski definition) is 4. The molecule has 0 bridgehead atoms. The highest BCUT2D eigenvalue weighted by Crippen LogP contribution is 2.21. The minimum absolute atomic E-state index is 0.246. The highest BCUT2D eigenvalue weighted by molar-refractivity contribution is 5.84. The number of carbonyl (C=O) groups excluding carboxylic acids is 1. The van der Waals surface area contributed by atoms with Gasteiger partial charge in [0.2, 0.25) is 5.91 Å². The van der Waals surface area contributed by atoms with Crippen molar-refractivity contribution in [3.8, 4) is 5.69 Å². The lowest BCUT2D eigenvalue weighted by Gasteiger charge is -2.15. The van der Waals surface area contributed by atoms with E-state index in [0.717, 1.165) is 28.8 Å². The van der Waals surface area contributed by atoms with Gasteiger partial charge in [0.1, 0.15) is 6.04 Å². The first-order valence-corrected chi connectivity index (χ1v) is 10.7. The zero-order valence-electron chi connectivity index (χ0n) is 18.8. The van der Waals surface area contributed by atoms with Crippen LogP contribution in [0.5, 0.6) is 0 Å². The molecule has 0 unspecified atom stereocenters. The molecule has 0 saturated carbocycles. The van der Waals surface area contributed by atoms with Gasteiger partial charge < -0.3 is 5.32 Å². The first kappa shape index (κ1) is 21.5. The fourth-order valence-corrected chi connectivity index (χ4v) is 3.88. The molecule has 164 valence electrons. The molecule has 2 aromatic heterocycles. The van der Waals surface area contributed by atoms with Crippen LogP contribution in [-0.2, 0) is 11.2 Å². The van der Waals surface area contributed by atoms with Crippen LogP contribution in [0.3, 0.4) is 0 Å². The molecule has 0 fully saturated rings. The zero-order valence-corrected chi connectivity index (χ0v) is 18.8. The molecule has 0 aliphatic rings. The van der Waals surface area contributed by atoms with Gasteiger partial charge in [0.05, 0.1) is 22.5 Å². The van der Waals surface area contributed by atoms with Gasteiger partial charge in [-0.1, -0.05) is 48.0 Å². The van der Waals surface area contributed by atoms with E-state index in [2.05, 4.69) is 39.8 Å². The van der Waals surface area contributed by atoms with Crippen molar-refractivity contribution in [2.75, 3.05) is 6.54 Å². The number of benzene rings is 2. The van der Waals surface area contributed by atoms with Crippen LogP contribution in [0, 0.1) is 20.8 Å². The van der Waals surface area contributed by atoms with E-state index in [0.29, 0.717) is 17.8 Å². The van der Waals surface area contributed by atoms with Gasteiger partial charge in [0.15, 0.2) is 5.52 Å². The number of hydrogen-bond donors (Lipinski definition) is 1. The largest absolute Gasteiger partial charge is 0.354 e. The summed E-state index contributed by atoms with van der Waals surface area (Å²) >= 11 is 0. The van der Waals surface area contributed by atoms with Gasteiger partial charge in [-0.05, 0) is 51.8 Å². The molecule has 1 amide bonds. The van der Waals surface area contributed by atoms with Gasteiger partial charge in [-0.25, -0.2) is 9.36 Å². The molecular weight excluding hydrogens is 402 g/mol. The Kier molecular flexibility index (Phi) is 5.90. The fourth-order valence-electron chi connectivity index (χ4n) is 3.88. The lowest BCUT2D eigenvalue weighted by Crippen LogP contribution is -2.38. The smallest absolute Gasteiger partial charge is 0.295 e. The van der Waals surface area contributed by atoms with Crippen LogP contribution >= 0.6 is 0 Å². The normalized spacial score (nSPS) is 12.1. The molecule has 1 atom stereocenters. The average Bonchev–Trinajstić information content (AvgIpc) is 3.15. The maximum absolute atomic E-state index is 13.2.